The molecule has 2 heterocycles. The Hall–Kier alpha value is -4.64. The summed E-state index contributed by atoms with van der Waals surface area (Å²) in [6.07, 6.45) is 0. The van der Waals surface area contributed by atoms with E-state index in [9.17, 15) is 14.0 Å². The van der Waals surface area contributed by atoms with Crippen molar-refractivity contribution < 1.29 is 18.3 Å². The van der Waals surface area contributed by atoms with E-state index in [2.05, 4.69) is 16.3 Å². The number of aromatic amines is 1. The summed E-state index contributed by atoms with van der Waals surface area (Å²) in [6, 6.07) is 21.6. The maximum atomic E-state index is 13.9. The van der Waals surface area contributed by atoms with Gasteiger partial charge in [-0.05, 0) is 48.0 Å². The summed E-state index contributed by atoms with van der Waals surface area (Å²) < 4.78 is 38.6. The molecule has 0 radical (unpaired) electrons. The third kappa shape index (κ3) is 3.84. The van der Waals surface area contributed by atoms with Gasteiger partial charge in [0.15, 0.2) is 0 Å². The molecule has 5 rings (SSSR count). The summed E-state index contributed by atoms with van der Waals surface area (Å²) in [5.41, 5.74) is 9.37. The number of allylic oxidation sites excluding steroid dienone is 1. The molecule has 0 saturated heterocycles. The maximum absolute atomic E-state index is 13.9. The molecule has 3 aromatic carbocycles. The zero-order valence-electron chi connectivity index (χ0n) is 17.8. The van der Waals surface area contributed by atoms with Crippen LogP contribution in [0.3, 0.4) is 0 Å². The molecule has 168 valence electrons. The molecule has 0 saturated carbocycles. The molecule has 8 heteroatoms. The van der Waals surface area contributed by atoms with Gasteiger partial charge in [0.1, 0.15) is 35.6 Å². The lowest BCUT2D eigenvalue weighted by Gasteiger charge is -2.24. The van der Waals surface area contributed by atoms with E-state index in [0.29, 0.717) is 28.1 Å². The van der Waals surface area contributed by atoms with Gasteiger partial charge in [-0.15, -0.1) is 5.10 Å². The number of nitrogens with two attached hydrogens (primary N) is 1. The number of nitrogens with zero attached hydrogens (tertiary/aromatic N) is 2. The molecule has 1 aromatic heterocycles. The van der Waals surface area contributed by atoms with Gasteiger partial charge in [-0.3, -0.25) is 5.10 Å². The summed E-state index contributed by atoms with van der Waals surface area (Å²) in [6.45, 7) is 0.0835. The average molecular weight is 456 g/mol. The van der Waals surface area contributed by atoms with Gasteiger partial charge in [0.25, 0.3) is 0 Å². The summed E-state index contributed by atoms with van der Waals surface area (Å²) >= 11 is 0. The number of hydrogen-bond donors (Lipinski definition) is 2. The monoisotopic (exact) mass is 456 g/mol. The topological polar surface area (TPSA) is 97.0 Å². The van der Waals surface area contributed by atoms with Crippen molar-refractivity contribution in [3.8, 4) is 29.0 Å². The smallest absolute Gasteiger partial charge is 0.244 e. The summed E-state index contributed by atoms with van der Waals surface area (Å²) in [5, 5.41) is 17.0. The molecule has 1 aliphatic rings. The molecular weight excluding hydrogens is 438 g/mol. The Bertz CT molecular complexity index is 1420. The highest BCUT2D eigenvalue weighted by molar-refractivity contribution is 5.70. The quantitative estimate of drug-likeness (QED) is 0.433. The second-order valence-corrected chi connectivity index (χ2v) is 7.70. The third-order valence-corrected chi connectivity index (χ3v) is 5.64. The van der Waals surface area contributed by atoms with Gasteiger partial charge in [0.2, 0.25) is 11.8 Å². The van der Waals surface area contributed by atoms with Crippen molar-refractivity contribution in [2.45, 2.75) is 12.5 Å². The Balaban J connectivity index is 1.49. The average Bonchev–Trinajstić information content (AvgIpc) is 3.27. The standard InChI is InChI=1S/C26H18F2N4O2/c27-18-9-5-16(6-10-18)24-23-22(20(13-29)25(30)34-26(23)32-31-24)15-7-11-19(12-8-15)33-14-17-3-1-2-4-21(17)28/h1-12,22H,14,30H2,(H,31,32)/t22-/m1/s1. The van der Waals surface area contributed by atoms with Crippen molar-refractivity contribution in [1.29, 1.82) is 5.26 Å². The number of hydrogen-bond acceptors (Lipinski definition) is 5. The minimum Gasteiger partial charge on any atom is -0.489 e. The van der Waals surface area contributed by atoms with Crippen molar-refractivity contribution in [2.75, 3.05) is 0 Å². The van der Waals surface area contributed by atoms with E-state index < -0.39 is 5.92 Å². The van der Waals surface area contributed by atoms with Gasteiger partial charge < -0.3 is 15.2 Å². The molecular formula is C26H18F2N4O2. The zero-order valence-corrected chi connectivity index (χ0v) is 17.8. The highest BCUT2D eigenvalue weighted by Gasteiger charge is 2.35. The van der Waals surface area contributed by atoms with Crippen molar-refractivity contribution in [3.05, 3.63) is 113 Å². The van der Waals surface area contributed by atoms with Gasteiger partial charge in [-0.1, -0.05) is 30.3 Å². The molecule has 0 spiro atoms. The lowest BCUT2D eigenvalue weighted by molar-refractivity contribution is 0.300. The van der Waals surface area contributed by atoms with E-state index in [-0.39, 0.29) is 35.6 Å². The van der Waals surface area contributed by atoms with Crippen molar-refractivity contribution >= 4 is 0 Å². The lowest BCUT2D eigenvalue weighted by Crippen LogP contribution is -2.21. The Labute approximate surface area is 193 Å². The number of halogens is 2. The van der Waals surface area contributed by atoms with E-state index in [4.69, 9.17) is 15.2 Å². The number of aromatic nitrogens is 2. The van der Waals surface area contributed by atoms with Crippen LogP contribution in [0.4, 0.5) is 8.78 Å². The van der Waals surface area contributed by atoms with E-state index in [1.54, 1.807) is 42.5 Å². The minimum absolute atomic E-state index is 0.0305. The number of fused-ring (bicyclic) bond motifs is 1. The molecule has 1 aliphatic heterocycles. The molecule has 6 nitrogen and oxygen atoms in total. The lowest BCUT2D eigenvalue weighted by atomic mass is 9.83. The van der Waals surface area contributed by atoms with Gasteiger partial charge in [-0.2, -0.15) is 5.26 Å². The van der Waals surface area contributed by atoms with Crippen LogP contribution < -0.4 is 15.2 Å². The molecule has 1 atom stereocenters. The molecule has 0 bridgehead atoms. The van der Waals surface area contributed by atoms with Crippen LogP contribution in [0.25, 0.3) is 11.3 Å². The van der Waals surface area contributed by atoms with Crippen molar-refractivity contribution in [1.82, 2.24) is 10.2 Å². The molecule has 3 N–H and O–H groups in total. The first-order chi connectivity index (χ1) is 16.5. The fourth-order valence-corrected chi connectivity index (χ4v) is 3.95. The highest BCUT2D eigenvalue weighted by Crippen LogP contribution is 2.45. The molecule has 0 unspecified atom stereocenters. The first-order valence-corrected chi connectivity index (χ1v) is 10.4. The SMILES string of the molecule is N#CC1=C(N)Oc2n[nH]c(-c3ccc(F)cc3)c2[C@@H]1c1ccc(OCc2ccccc2F)cc1. The van der Waals surface area contributed by atoms with Gasteiger partial charge in [0.05, 0.1) is 17.2 Å². The number of H-pyrrole nitrogens is 1. The number of ether oxygens (including phenoxy) is 2. The van der Waals surface area contributed by atoms with Crippen LogP contribution in [-0.4, -0.2) is 10.2 Å². The zero-order chi connectivity index (χ0) is 23.7. The first kappa shape index (κ1) is 21.2. The molecule has 34 heavy (non-hydrogen) atoms. The van der Waals surface area contributed by atoms with Gasteiger partial charge >= 0.3 is 0 Å². The molecule has 0 aliphatic carbocycles. The fraction of sp³-hybridized carbons (Fsp3) is 0.0769. The Kier molecular flexibility index (Phi) is 5.44. The number of rotatable bonds is 5. The Morgan fingerprint density at radius 3 is 2.47 bits per heavy atom. The first-order valence-electron chi connectivity index (χ1n) is 10.4. The number of benzene rings is 3. The number of nitrogens with one attached hydrogen (secondary N) is 1. The Morgan fingerprint density at radius 2 is 1.76 bits per heavy atom. The normalized spacial score (nSPS) is 14.8. The van der Waals surface area contributed by atoms with Crippen LogP contribution >= 0.6 is 0 Å². The summed E-state index contributed by atoms with van der Waals surface area (Å²) in [5.74, 6) is -0.495. The second-order valence-electron chi connectivity index (χ2n) is 7.70. The van der Waals surface area contributed by atoms with Crippen molar-refractivity contribution in [3.63, 3.8) is 0 Å². The third-order valence-electron chi connectivity index (χ3n) is 5.64. The predicted molar refractivity (Wildman–Crippen MR) is 120 cm³/mol. The van der Waals surface area contributed by atoms with Crippen LogP contribution in [0.2, 0.25) is 0 Å². The van der Waals surface area contributed by atoms with Crippen LogP contribution in [-0.2, 0) is 6.61 Å². The predicted octanol–water partition coefficient (Wildman–Crippen LogP) is 5.15. The van der Waals surface area contributed by atoms with E-state index in [0.717, 1.165) is 5.56 Å². The summed E-state index contributed by atoms with van der Waals surface area (Å²) in [7, 11) is 0. The highest BCUT2D eigenvalue weighted by atomic mass is 19.1. The molecule has 0 fully saturated rings. The second kappa shape index (κ2) is 8.71. The summed E-state index contributed by atoms with van der Waals surface area (Å²) in [4.78, 5) is 0. The van der Waals surface area contributed by atoms with E-state index in [1.165, 1.54) is 18.2 Å². The van der Waals surface area contributed by atoms with Gasteiger partial charge in [0, 0.05) is 11.1 Å². The molecule has 4 aromatic rings. The molecule has 0 amide bonds. The van der Waals surface area contributed by atoms with Crippen LogP contribution in [0.15, 0.2) is 84.3 Å². The van der Waals surface area contributed by atoms with E-state index in [1.807, 2.05) is 12.1 Å². The largest absolute Gasteiger partial charge is 0.489 e. The van der Waals surface area contributed by atoms with Crippen LogP contribution in [0.1, 0.15) is 22.6 Å². The van der Waals surface area contributed by atoms with Gasteiger partial charge in [-0.25, -0.2) is 8.78 Å². The fourth-order valence-electron chi connectivity index (χ4n) is 3.95. The maximum Gasteiger partial charge on any atom is 0.244 e. The number of nitriles is 1. The van der Waals surface area contributed by atoms with Crippen LogP contribution in [0, 0.1) is 23.0 Å². The van der Waals surface area contributed by atoms with E-state index >= 15 is 0 Å². The minimum atomic E-state index is -0.562. The van der Waals surface area contributed by atoms with Crippen molar-refractivity contribution in [2.24, 2.45) is 5.73 Å². The van der Waals surface area contributed by atoms with Crippen LogP contribution in [0.5, 0.6) is 11.6 Å². The Morgan fingerprint density at radius 1 is 1.03 bits per heavy atom.